The third-order valence-corrected chi connectivity index (χ3v) is 3.00. The standard InChI is InChI=1S/C17H21NO3/c1-3-10-20-15-5-7-16(8-6-15)21-12-13-11-14(18)4-9-17(13)19-2/h4-9,11H,3,10,12,18H2,1-2H3. The Hall–Kier alpha value is -2.36. The van der Waals surface area contributed by atoms with Gasteiger partial charge in [0.05, 0.1) is 13.7 Å². The monoisotopic (exact) mass is 287 g/mol. The molecular weight excluding hydrogens is 266 g/mol. The molecule has 0 amide bonds. The average Bonchev–Trinajstić information content (AvgIpc) is 2.52. The van der Waals surface area contributed by atoms with Gasteiger partial charge in [-0.25, -0.2) is 0 Å². The van der Waals surface area contributed by atoms with Gasteiger partial charge in [0.1, 0.15) is 23.9 Å². The van der Waals surface area contributed by atoms with E-state index in [0.29, 0.717) is 12.3 Å². The Balaban J connectivity index is 1.98. The Morgan fingerprint density at radius 2 is 1.62 bits per heavy atom. The molecule has 0 atom stereocenters. The summed E-state index contributed by atoms with van der Waals surface area (Å²) in [5, 5.41) is 0. The fourth-order valence-electron chi connectivity index (χ4n) is 1.92. The highest BCUT2D eigenvalue weighted by molar-refractivity contribution is 5.47. The summed E-state index contributed by atoms with van der Waals surface area (Å²) < 4.78 is 16.6. The molecule has 0 fully saturated rings. The Bertz CT molecular complexity index is 567. The molecule has 0 radical (unpaired) electrons. The predicted octanol–water partition coefficient (Wildman–Crippen LogP) is 3.65. The number of nitrogen functional groups attached to an aromatic ring is 1. The maximum atomic E-state index is 5.79. The fraction of sp³-hybridized carbons (Fsp3) is 0.294. The molecule has 112 valence electrons. The number of rotatable bonds is 7. The first-order chi connectivity index (χ1) is 10.2. The second kappa shape index (κ2) is 7.43. The molecule has 21 heavy (non-hydrogen) atoms. The highest BCUT2D eigenvalue weighted by Crippen LogP contribution is 2.24. The Morgan fingerprint density at radius 3 is 2.24 bits per heavy atom. The molecule has 0 heterocycles. The van der Waals surface area contributed by atoms with Crippen molar-refractivity contribution in [3.05, 3.63) is 48.0 Å². The molecule has 0 bridgehead atoms. The molecule has 2 aromatic carbocycles. The number of benzene rings is 2. The van der Waals surface area contributed by atoms with E-state index < -0.39 is 0 Å². The molecule has 0 aliphatic heterocycles. The lowest BCUT2D eigenvalue weighted by Crippen LogP contribution is -2.00. The SMILES string of the molecule is CCCOc1ccc(OCc2cc(N)ccc2OC)cc1. The number of hydrogen-bond donors (Lipinski definition) is 1. The number of methoxy groups -OCH3 is 1. The summed E-state index contributed by atoms with van der Waals surface area (Å²) in [4.78, 5) is 0. The zero-order chi connectivity index (χ0) is 15.1. The molecule has 2 rings (SSSR count). The minimum atomic E-state index is 0.406. The minimum absolute atomic E-state index is 0.406. The van der Waals surface area contributed by atoms with E-state index in [0.717, 1.165) is 35.8 Å². The van der Waals surface area contributed by atoms with Gasteiger partial charge >= 0.3 is 0 Å². The van der Waals surface area contributed by atoms with E-state index in [1.54, 1.807) is 7.11 Å². The lowest BCUT2D eigenvalue weighted by Gasteiger charge is -2.11. The van der Waals surface area contributed by atoms with Crippen molar-refractivity contribution in [2.75, 3.05) is 19.5 Å². The fourth-order valence-corrected chi connectivity index (χ4v) is 1.92. The van der Waals surface area contributed by atoms with Gasteiger partial charge in [-0.2, -0.15) is 0 Å². The topological polar surface area (TPSA) is 53.7 Å². The van der Waals surface area contributed by atoms with Crippen molar-refractivity contribution in [2.45, 2.75) is 20.0 Å². The van der Waals surface area contributed by atoms with Crippen molar-refractivity contribution in [2.24, 2.45) is 0 Å². The smallest absolute Gasteiger partial charge is 0.125 e. The average molecular weight is 287 g/mol. The quantitative estimate of drug-likeness (QED) is 0.790. The maximum Gasteiger partial charge on any atom is 0.125 e. The van der Waals surface area contributed by atoms with Crippen LogP contribution in [0.15, 0.2) is 42.5 Å². The molecular formula is C17H21NO3. The highest BCUT2D eigenvalue weighted by Gasteiger charge is 2.05. The van der Waals surface area contributed by atoms with Gasteiger partial charge in [-0.15, -0.1) is 0 Å². The maximum absolute atomic E-state index is 5.79. The van der Waals surface area contributed by atoms with Crippen molar-refractivity contribution in [1.29, 1.82) is 0 Å². The van der Waals surface area contributed by atoms with Gasteiger partial charge < -0.3 is 19.9 Å². The van der Waals surface area contributed by atoms with Crippen molar-refractivity contribution in [1.82, 2.24) is 0 Å². The van der Waals surface area contributed by atoms with Crippen LogP contribution in [0.25, 0.3) is 0 Å². The van der Waals surface area contributed by atoms with Gasteiger partial charge in [0.15, 0.2) is 0 Å². The normalized spacial score (nSPS) is 10.2. The van der Waals surface area contributed by atoms with Crippen molar-refractivity contribution >= 4 is 5.69 Å². The summed E-state index contributed by atoms with van der Waals surface area (Å²) in [6.45, 7) is 3.21. The van der Waals surface area contributed by atoms with E-state index in [9.17, 15) is 0 Å². The molecule has 0 aliphatic rings. The van der Waals surface area contributed by atoms with Gasteiger partial charge in [-0.05, 0) is 48.9 Å². The zero-order valence-corrected chi connectivity index (χ0v) is 12.5. The van der Waals surface area contributed by atoms with E-state index in [-0.39, 0.29) is 0 Å². The second-order valence-electron chi connectivity index (χ2n) is 4.68. The lowest BCUT2D eigenvalue weighted by atomic mass is 10.2. The summed E-state index contributed by atoms with van der Waals surface area (Å²) in [6, 6.07) is 13.1. The predicted molar refractivity (Wildman–Crippen MR) is 84.0 cm³/mol. The molecule has 0 unspecified atom stereocenters. The van der Waals surface area contributed by atoms with Crippen LogP contribution in [-0.2, 0) is 6.61 Å². The Labute approximate surface area is 125 Å². The molecule has 0 saturated heterocycles. The number of anilines is 1. The van der Waals surface area contributed by atoms with Crippen LogP contribution in [-0.4, -0.2) is 13.7 Å². The summed E-state index contributed by atoms with van der Waals surface area (Å²) in [7, 11) is 1.63. The first-order valence-electron chi connectivity index (χ1n) is 7.01. The van der Waals surface area contributed by atoms with Crippen LogP contribution < -0.4 is 19.9 Å². The first-order valence-corrected chi connectivity index (χ1v) is 7.01. The van der Waals surface area contributed by atoms with Crippen LogP contribution in [0.2, 0.25) is 0 Å². The van der Waals surface area contributed by atoms with Gasteiger partial charge in [-0.3, -0.25) is 0 Å². The van der Waals surface area contributed by atoms with Crippen LogP contribution in [0.1, 0.15) is 18.9 Å². The molecule has 4 nitrogen and oxygen atoms in total. The van der Waals surface area contributed by atoms with E-state index in [2.05, 4.69) is 6.92 Å². The van der Waals surface area contributed by atoms with E-state index in [1.165, 1.54) is 0 Å². The minimum Gasteiger partial charge on any atom is -0.496 e. The number of hydrogen-bond acceptors (Lipinski definition) is 4. The van der Waals surface area contributed by atoms with Crippen LogP contribution in [0.3, 0.4) is 0 Å². The molecule has 0 aromatic heterocycles. The molecule has 2 N–H and O–H groups in total. The summed E-state index contributed by atoms with van der Waals surface area (Å²) in [6.07, 6.45) is 0.994. The Morgan fingerprint density at radius 1 is 0.952 bits per heavy atom. The van der Waals surface area contributed by atoms with Gasteiger partial charge in [0.2, 0.25) is 0 Å². The molecule has 0 saturated carbocycles. The first kappa shape index (κ1) is 15.0. The molecule has 4 heteroatoms. The third kappa shape index (κ3) is 4.31. The summed E-state index contributed by atoms with van der Waals surface area (Å²) in [5.74, 6) is 2.40. The van der Waals surface area contributed by atoms with E-state index in [1.807, 2.05) is 42.5 Å². The zero-order valence-electron chi connectivity index (χ0n) is 12.5. The number of nitrogens with two attached hydrogens (primary N) is 1. The highest BCUT2D eigenvalue weighted by atomic mass is 16.5. The lowest BCUT2D eigenvalue weighted by molar-refractivity contribution is 0.294. The van der Waals surface area contributed by atoms with Crippen LogP contribution in [0, 0.1) is 0 Å². The van der Waals surface area contributed by atoms with Crippen LogP contribution >= 0.6 is 0 Å². The third-order valence-electron chi connectivity index (χ3n) is 3.00. The largest absolute Gasteiger partial charge is 0.496 e. The molecule has 0 aliphatic carbocycles. The molecule has 2 aromatic rings. The van der Waals surface area contributed by atoms with E-state index in [4.69, 9.17) is 19.9 Å². The van der Waals surface area contributed by atoms with Gasteiger partial charge in [-0.1, -0.05) is 6.92 Å². The van der Waals surface area contributed by atoms with Crippen molar-refractivity contribution in [3.63, 3.8) is 0 Å². The van der Waals surface area contributed by atoms with Crippen LogP contribution in [0.5, 0.6) is 17.2 Å². The Kier molecular flexibility index (Phi) is 5.32. The van der Waals surface area contributed by atoms with Gasteiger partial charge in [0, 0.05) is 11.3 Å². The molecule has 0 spiro atoms. The van der Waals surface area contributed by atoms with Crippen molar-refractivity contribution < 1.29 is 14.2 Å². The van der Waals surface area contributed by atoms with Crippen LogP contribution in [0.4, 0.5) is 5.69 Å². The van der Waals surface area contributed by atoms with Crippen molar-refractivity contribution in [3.8, 4) is 17.2 Å². The van der Waals surface area contributed by atoms with E-state index >= 15 is 0 Å². The summed E-state index contributed by atoms with van der Waals surface area (Å²) >= 11 is 0. The van der Waals surface area contributed by atoms with Gasteiger partial charge in [0.25, 0.3) is 0 Å². The number of ether oxygens (including phenoxy) is 3. The second-order valence-corrected chi connectivity index (χ2v) is 4.68. The summed E-state index contributed by atoms with van der Waals surface area (Å²) in [5.41, 5.74) is 7.40.